The molecular formula is C27H31N7O4S. The number of piperazine rings is 1. The number of ether oxygens (including phenoxy) is 1. The third-order valence-electron chi connectivity index (χ3n) is 7.18. The molecule has 12 heteroatoms. The normalized spacial score (nSPS) is 17.4. The Balaban J connectivity index is 1.37. The molecule has 204 valence electrons. The molecule has 2 amide bonds. The number of hydrogen-bond acceptors (Lipinski definition) is 9. The second-order valence-electron chi connectivity index (χ2n) is 9.83. The van der Waals surface area contributed by atoms with Gasteiger partial charge in [-0.2, -0.15) is 4.98 Å². The van der Waals surface area contributed by atoms with Crippen molar-refractivity contribution < 1.29 is 19.4 Å². The van der Waals surface area contributed by atoms with Crippen LogP contribution in [0.1, 0.15) is 24.5 Å². The smallest absolute Gasteiger partial charge is 0.251 e. The van der Waals surface area contributed by atoms with E-state index in [-0.39, 0.29) is 12.5 Å². The Morgan fingerprint density at radius 2 is 1.90 bits per heavy atom. The summed E-state index contributed by atoms with van der Waals surface area (Å²) < 4.78 is 8.62. The third kappa shape index (κ3) is 4.83. The van der Waals surface area contributed by atoms with Gasteiger partial charge in [0.1, 0.15) is 11.9 Å². The van der Waals surface area contributed by atoms with Gasteiger partial charge in [0.05, 0.1) is 47.6 Å². The Kier molecular flexibility index (Phi) is 6.92. The van der Waals surface area contributed by atoms with Crippen LogP contribution in [-0.2, 0) is 27.3 Å². The van der Waals surface area contributed by atoms with Gasteiger partial charge < -0.3 is 24.5 Å². The van der Waals surface area contributed by atoms with Crippen molar-refractivity contribution in [3.8, 4) is 5.95 Å². The van der Waals surface area contributed by atoms with Gasteiger partial charge in [-0.15, -0.1) is 11.3 Å². The average molecular weight is 550 g/mol. The highest BCUT2D eigenvalue weighted by Crippen LogP contribution is 2.35. The van der Waals surface area contributed by atoms with Crippen LogP contribution in [0.5, 0.6) is 0 Å². The number of para-hydroxylation sites is 2. The Morgan fingerprint density at radius 1 is 1.10 bits per heavy atom. The van der Waals surface area contributed by atoms with E-state index in [0.717, 1.165) is 57.3 Å². The first-order valence-electron chi connectivity index (χ1n) is 13.3. The van der Waals surface area contributed by atoms with Crippen LogP contribution in [0.15, 0.2) is 30.3 Å². The largest absolute Gasteiger partial charge is 0.384 e. The molecule has 0 aliphatic carbocycles. The fourth-order valence-corrected chi connectivity index (χ4v) is 6.30. The number of morpholine rings is 1. The third-order valence-corrected chi connectivity index (χ3v) is 8.29. The number of aliphatic hydroxyl groups excluding tert-OH is 1. The number of imidazole rings is 1. The van der Waals surface area contributed by atoms with Gasteiger partial charge in [0, 0.05) is 37.5 Å². The molecule has 2 saturated heterocycles. The fourth-order valence-electron chi connectivity index (χ4n) is 5.17. The number of thiophene rings is 1. The lowest BCUT2D eigenvalue weighted by Gasteiger charge is -2.34. The highest BCUT2D eigenvalue weighted by molar-refractivity contribution is 7.19. The van der Waals surface area contributed by atoms with E-state index in [9.17, 15) is 14.7 Å². The molecular weight excluding hydrogens is 518 g/mol. The molecule has 0 saturated carbocycles. The molecule has 0 radical (unpaired) electrons. The van der Waals surface area contributed by atoms with E-state index in [4.69, 9.17) is 19.7 Å². The lowest BCUT2D eigenvalue weighted by Crippen LogP contribution is -2.53. The van der Waals surface area contributed by atoms with Crippen LogP contribution in [-0.4, -0.2) is 98.3 Å². The van der Waals surface area contributed by atoms with Crippen molar-refractivity contribution in [2.45, 2.75) is 32.9 Å². The summed E-state index contributed by atoms with van der Waals surface area (Å²) in [5.74, 6) is 1.80. The maximum Gasteiger partial charge on any atom is 0.251 e. The molecule has 0 spiro atoms. The summed E-state index contributed by atoms with van der Waals surface area (Å²) in [5, 5.41) is 9.61. The molecule has 39 heavy (non-hydrogen) atoms. The molecule has 3 aromatic heterocycles. The lowest BCUT2D eigenvalue weighted by molar-refractivity contribution is -0.150. The molecule has 6 rings (SSSR count). The van der Waals surface area contributed by atoms with Gasteiger partial charge in [-0.3, -0.25) is 14.2 Å². The van der Waals surface area contributed by atoms with Gasteiger partial charge in [0.2, 0.25) is 11.9 Å². The minimum absolute atomic E-state index is 0.0227. The number of nitrogens with zero attached hydrogens (tertiary/aromatic N) is 7. The first kappa shape index (κ1) is 25.7. The Hall–Kier alpha value is -3.61. The van der Waals surface area contributed by atoms with Crippen molar-refractivity contribution in [2.24, 2.45) is 0 Å². The molecule has 11 nitrogen and oxygen atoms in total. The van der Waals surface area contributed by atoms with Crippen LogP contribution < -0.4 is 4.90 Å². The quantitative estimate of drug-likeness (QED) is 0.388. The Morgan fingerprint density at radius 3 is 2.64 bits per heavy atom. The predicted octanol–water partition coefficient (Wildman–Crippen LogP) is 1.98. The van der Waals surface area contributed by atoms with Crippen LogP contribution in [0.2, 0.25) is 0 Å². The van der Waals surface area contributed by atoms with E-state index in [2.05, 4.69) is 11.8 Å². The van der Waals surface area contributed by atoms with Gasteiger partial charge in [-0.25, -0.2) is 9.97 Å². The zero-order valence-electron chi connectivity index (χ0n) is 22.0. The number of fused-ring (bicyclic) bond motifs is 2. The number of carbonyl (C=O) groups excluding carboxylic acids is 2. The van der Waals surface area contributed by atoms with Crippen LogP contribution in [0.25, 0.3) is 27.2 Å². The van der Waals surface area contributed by atoms with Crippen LogP contribution >= 0.6 is 11.3 Å². The van der Waals surface area contributed by atoms with Crippen molar-refractivity contribution in [2.75, 3.05) is 50.8 Å². The number of aliphatic hydroxyl groups is 1. The monoisotopic (exact) mass is 549 g/mol. The van der Waals surface area contributed by atoms with Crippen molar-refractivity contribution >= 4 is 50.2 Å². The predicted molar refractivity (Wildman–Crippen MR) is 148 cm³/mol. The summed E-state index contributed by atoms with van der Waals surface area (Å²) in [5.41, 5.74) is 2.70. The van der Waals surface area contributed by atoms with Gasteiger partial charge >= 0.3 is 0 Å². The molecule has 1 aromatic carbocycles. The van der Waals surface area contributed by atoms with E-state index in [1.54, 1.807) is 16.2 Å². The minimum Gasteiger partial charge on any atom is -0.384 e. The van der Waals surface area contributed by atoms with Crippen molar-refractivity contribution in [3.63, 3.8) is 0 Å². The Bertz CT molecular complexity index is 1540. The number of rotatable bonds is 6. The van der Waals surface area contributed by atoms with E-state index in [0.29, 0.717) is 38.8 Å². The minimum atomic E-state index is -1.11. The topological polar surface area (TPSA) is 117 Å². The number of hydrogen-bond donors (Lipinski definition) is 1. The van der Waals surface area contributed by atoms with E-state index in [1.165, 1.54) is 11.8 Å². The summed E-state index contributed by atoms with van der Waals surface area (Å²) in [6.45, 7) is 7.48. The summed E-state index contributed by atoms with van der Waals surface area (Å²) in [6.07, 6.45) is -0.372. The van der Waals surface area contributed by atoms with E-state index < -0.39 is 12.0 Å². The maximum absolute atomic E-state index is 12.9. The zero-order chi connectivity index (χ0) is 27.1. The van der Waals surface area contributed by atoms with Crippen molar-refractivity contribution in [3.05, 3.63) is 41.0 Å². The van der Waals surface area contributed by atoms with E-state index >= 15 is 0 Å². The van der Waals surface area contributed by atoms with Gasteiger partial charge in [-0.1, -0.05) is 19.1 Å². The number of aryl methyl sites for hydroxylation is 1. The highest BCUT2D eigenvalue weighted by Gasteiger charge is 2.30. The summed E-state index contributed by atoms with van der Waals surface area (Å²) in [4.78, 5) is 46.3. The average Bonchev–Trinajstić information content (AvgIpc) is 3.54. The molecule has 2 aliphatic heterocycles. The summed E-state index contributed by atoms with van der Waals surface area (Å²) in [6, 6.07) is 10.1. The lowest BCUT2D eigenvalue weighted by atomic mass is 10.2. The first-order valence-corrected chi connectivity index (χ1v) is 14.1. The number of carbonyl (C=O) groups is 2. The van der Waals surface area contributed by atoms with Crippen LogP contribution in [0.4, 0.5) is 5.82 Å². The number of benzene rings is 1. The highest BCUT2D eigenvalue weighted by atomic mass is 32.1. The summed E-state index contributed by atoms with van der Waals surface area (Å²) >= 11 is 1.60. The molecule has 2 fully saturated rings. The maximum atomic E-state index is 12.9. The van der Waals surface area contributed by atoms with Crippen LogP contribution in [0.3, 0.4) is 0 Å². The first-order chi connectivity index (χ1) is 18.9. The molecule has 1 N–H and O–H groups in total. The van der Waals surface area contributed by atoms with Gasteiger partial charge in [-0.05, 0) is 25.1 Å². The SMILES string of the molecule is CCc1nc2ccccc2n1-c1nc(N2CCOCC2)c2sc(CN3CCN(C(=O)C(C)O)CC3=O)cc2n1. The van der Waals surface area contributed by atoms with Crippen molar-refractivity contribution in [1.29, 1.82) is 0 Å². The fraction of sp³-hybridized carbons (Fsp3) is 0.444. The number of aromatic nitrogens is 4. The molecule has 4 aromatic rings. The zero-order valence-corrected chi connectivity index (χ0v) is 22.9. The van der Waals surface area contributed by atoms with E-state index in [1.807, 2.05) is 34.9 Å². The van der Waals surface area contributed by atoms with Gasteiger partial charge in [0.25, 0.3) is 5.91 Å². The summed E-state index contributed by atoms with van der Waals surface area (Å²) in [7, 11) is 0. The van der Waals surface area contributed by atoms with Gasteiger partial charge in [0.15, 0.2) is 5.82 Å². The molecule has 1 atom stereocenters. The van der Waals surface area contributed by atoms with Crippen LogP contribution in [0, 0.1) is 0 Å². The molecule has 2 aliphatic rings. The number of amides is 2. The second-order valence-corrected chi connectivity index (χ2v) is 11.0. The molecule has 0 bridgehead atoms. The molecule has 5 heterocycles. The number of anilines is 1. The Labute approximate surface area is 229 Å². The van der Waals surface area contributed by atoms with Crippen molar-refractivity contribution in [1.82, 2.24) is 29.3 Å². The second kappa shape index (κ2) is 10.5. The standard InChI is InChI=1S/C27H31N7O4S/c1-3-22-28-19-6-4-5-7-21(19)34(22)27-29-20-14-18(39-24(20)25(30-27)31-10-12-38-13-11-31)15-32-8-9-33(16-23(32)36)26(37)17(2)35/h4-7,14,17,35H,3,8-13,15-16H2,1-2H3. The molecule has 1 unspecified atom stereocenters.